The van der Waals surface area contributed by atoms with Crippen LogP contribution in [-0.4, -0.2) is 18.0 Å². The third kappa shape index (κ3) is 2.91. The topological polar surface area (TPSA) is 63.2 Å². The van der Waals surface area contributed by atoms with Gasteiger partial charge >= 0.3 is 0 Å². The van der Waals surface area contributed by atoms with Crippen molar-refractivity contribution in [3.63, 3.8) is 0 Å². The molecule has 1 aliphatic heterocycles. The van der Waals surface area contributed by atoms with Gasteiger partial charge < -0.3 is 15.4 Å². The number of ether oxygens (including phenoxy) is 1. The normalized spacial score (nSPS) is 14.0. The molecule has 1 aliphatic rings. The first-order valence-electron chi connectivity index (χ1n) is 8.23. The fourth-order valence-corrected chi connectivity index (χ4v) is 2.91. The summed E-state index contributed by atoms with van der Waals surface area (Å²) in [4.78, 5) is 16.8. The second kappa shape index (κ2) is 6.72. The van der Waals surface area contributed by atoms with Gasteiger partial charge in [0.15, 0.2) is 0 Å². The predicted octanol–water partition coefficient (Wildman–Crippen LogP) is 4.16. The average Bonchev–Trinajstić information content (AvgIpc) is 3.01. The van der Waals surface area contributed by atoms with Gasteiger partial charge in [-0.25, -0.2) is 4.98 Å². The molecule has 3 aromatic rings. The zero-order chi connectivity index (χ0) is 17.9. The summed E-state index contributed by atoms with van der Waals surface area (Å²) in [5.41, 5.74) is 4.12. The van der Waals surface area contributed by atoms with Crippen molar-refractivity contribution in [3.8, 4) is 16.9 Å². The maximum absolute atomic E-state index is 12.4. The highest BCUT2D eigenvalue weighted by Gasteiger charge is 2.26. The Kier molecular flexibility index (Phi) is 4.11. The van der Waals surface area contributed by atoms with Gasteiger partial charge in [0.2, 0.25) is 0 Å². The van der Waals surface area contributed by atoms with Crippen LogP contribution in [-0.2, 0) is 4.79 Å². The van der Waals surface area contributed by atoms with Crippen LogP contribution in [0.25, 0.3) is 16.7 Å². The van der Waals surface area contributed by atoms with Gasteiger partial charge in [-0.2, -0.15) is 0 Å². The van der Waals surface area contributed by atoms with E-state index in [1.165, 1.54) is 0 Å². The number of pyridine rings is 1. The van der Waals surface area contributed by atoms with Crippen LogP contribution in [0.1, 0.15) is 5.56 Å². The standard InChI is InChI=1S/C21H17N3O2/c1-26-19-10-6-5-9-18(19)22-13-17-16-11-15(14-7-3-2-4-8-14)12-23-20(16)24-21(17)25/h2-13,22H,1H3,(H,23,24,25). The fourth-order valence-electron chi connectivity index (χ4n) is 2.91. The molecule has 2 N–H and O–H groups in total. The van der Waals surface area contributed by atoms with Crippen molar-refractivity contribution in [2.75, 3.05) is 17.7 Å². The van der Waals surface area contributed by atoms with Gasteiger partial charge in [-0.15, -0.1) is 0 Å². The summed E-state index contributed by atoms with van der Waals surface area (Å²) in [6.07, 6.45) is 3.46. The summed E-state index contributed by atoms with van der Waals surface area (Å²) < 4.78 is 5.33. The predicted molar refractivity (Wildman–Crippen MR) is 103 cm³/mol. The van der Waals surface area contributed by atoms with E-state index in [-0.39, 0.29) is 5.91 Å². The Labute approximate surface area is 151 Å². The van der Waals surface area contributed by atoms with Gasteiger partial charge in [0.05, 0.1) is 18.4 Å². The van der Waals surface area contributed by atoms with E-state index in [0.717, 1.165) is 22.4 Å². The minimum atomic E-state index is -0.180. The number of benzene rings is 2. The summed E-state index contributed by atoms with van der Waals surface area (Å²) in [5, 5.41) is 5.96. The number of hydrogen-bond donors (Lipinski definition) is 2. The number of methoxy groups -OCH3 is 1. The number of rotatable bonds is 4. The van der Waals surface area contributed by atoms with Crippen LogP contribution in [0.2, 0.25) is 0 Å². The van der Waals surface area contributed by atoms with E-state index in [1.54, 1.807) is 19.5 Å². The lowest BCUT2D eigenvalue weighted by molar-refractivity contribution is -0.110. The molecule has 1 amide bonds. The number of carbonyl (C=O) groups excluding carboxylic acids is 1. The van der Waals surface area contributed by atoms with Crippen molar-refractivity contribution in [1.29, 1.82) is 0 Å². The first-order valence-corrected chi connectivity index (χ1v) is 8.23. The number of aromatic nitrogens is 1. The fraction of sp³-hybridized carbons (Fsp3) is 0.0476. The minimum Gasteiger partial charge on any atom is -0.495 e. The van der Waals surface area contributed by atoms with Gasteiger partial charge in [0.25, 0.3) is 5.91 Å². The van der Waals surface area contributed by atoms with Crippen molar-refractivity contribution in [1.82, 2.24) is 4.98 Å². The van der Waals surface area contributed by atoms with Gasteiger partial charge in [-0.1, -0.05) is 42.5 Å². The van der Waals surface area contributed by atoms with E-state index in [4.69, 9.17) is 4.74 Å². The van der Waals surface area contributed by atoms with Crippen LogP contribution in [0, 0.1) is 0 Å². The zero-order valence-electron chi connectivity index (χ0n) is 14.2. The van der Waals surface area contributed by atoms with Crippen molar-refractivity contribution in [2.45, 2.75) is 0 Å². The highest BCUT2D eigenvalue weighted by Crippen LogP contribution is 2.34. The lowest BCUT2D eigenvalue weighted by Crippen LogP contribution is -2.05. The molecule has 0 saturated carbocycles. The summed E-state index contributed by atoms with van der Waals surface area (Å²) in [6.45, 7) is 0. The molecule has 0 atom stereocenters. The molecule has 0 unspecified atom stereocenters. The molecule has 2 heterocycles. The second-order valence-corrected chi connectivity index (χ2v) is 5.84. The highest BCUT2D eigenvalue weighted by atomic mass is 16.5. The number of fused-ring (bicyclic) bond motifs is 1. The van der Waals surface area contributed by atoms with Gasteiger partial charge in [0.1, 0.15) is 11.6 Å². The lowest BCUT2D eigenvalue weighted by atomic mass is 10.0. The smallest absolute Gasteiger partial charge is 0.259 e. The zero-order valence-corrected chi connectivity index (χ0v) is 14.2. The van der Waals surface area contributed by atoms with E-state index in [1.807, 2.05) is 60.7 Å². The molecule has 0 bridgehead atoms. The van der Waals surface area contributed by atoms with Crippen LogP contribution in [0.3, 0.4) is 0 Å². The highest BCUT2D eigenvalue weighted by molar-refractivity contribution is 6.31. The minimum absolute atomic E-state index is 0.180. The Morgan fingerprint density at radius 1 is 1.04 bits per heavy atom. The summed E-state index contributed by atoms with van der Waals surface area (Å²) in [7, 11) is 1.61. The molecule has 0 fully saturated rings. The Bertz CT molecular complexity index is 997. The van der Waals surface area contributed by atoms with Crippen LogP contribution in [0.5, 0.6) is 5.75 Å². The van der Waals surface area contributed by atoms with E-state index in [9.17, 15) is 4.79 Å². The SMILES string of the molecule is COc1ccccc1NC=C1C(=O)Nc2ncc(-c3ccccc3)cc21. The Morgan fingerprint density at radius 3 is 2.62 bits per heavy atom. The van der Waals surface area contributed by atoms with Crippen molar-refractivity contribution in [2.24, 2.45) is 0 Å². The van der Waals surface area contributed by atoms with Crippen LogP contribution in [0.4, 0.5) is 11.5 Å². The molecular formula is C21H17N3O2. The first kappa shape index (κ1) is 15.9. The largest absolute Gasteiger partial charge is 0.495 e. The molecule has 5 heteroatoms. The monoisotopic (exact) mass is 343 g/mol. The molecule has 4 rings (SSSR count). The van der Waals surface area contributed by atoms with Crippen molar-refractivity contribution in [3.05, 3.63) is 78.6 Å². The summed E-state index contributed by atoms with van der Waals surface area (Å²) >= 11 is 0. The average molecular weight is 343 g/mol. The lowest BCUT2D eigenvalue weighted by Gasteiger charge is -2.08. The third-order valence-corrected chi connectivity index (χ3v) is 4.24. The Hall–Kier alpha value is -3.60. The summed E-state index contributed by atoms with van der Waals surface area (Å²) in [6, 6.07) is 19.5. The molecule has 26 heavy (non-hydrogen) atoms. The maximum atomic E-state index is 12.4. The van der Waals surface area contributed by atoms with E-state index in [2.05, 4.69) is 15.6 Å². The molecule has 0 saturated heterocycles. The van der Waals surface area contributed by atoms with E-state index < -0.39 is 0 Å². The number of carbonyl (C=O) groups is 1. The maximum Gasteiger partial charge on any atom is 0.259 e. The molecule has 2 aromatic carbocycles. The third-order valence-electron chi connectivity index (χ3n) is 4.24. The Balaban J connectivity index is 1.70. The molecule has 0 aliphatic carbocycles. The molecular weight excluding hydrogens is 326 g/mol. The number of nitrogens with one attached hydrogen (secondary N) is 2. The molecule has 0 radical (unpaired) electrons. The number of amides is 1. The quantitative estimate of drug-likeness (QED) is 0.698. The van der Waals surface area contributed by atoms with Gasteiger partial charge in [-0.3, -0.25) is 4.79 Å². The van der Waals surface area contributed by atoms with Crippen LogP contribution < -0.4 is 15.4 Å². The number of hydrogen-bond acceptors (Lipinski definition) is 4. The number of anilines is 2. The van der Waals surface area contributed by atoms with Gasteiger partial charge in [0, 0.05) is 23.5 Å². The number of para-hydroxylation sites is 2. The second-order valence-electron chi connectivity index (χ2n) is 5.84. The van der Waals surface area contributed by atoms with Crippen LogP contribution >= 0.6 is 0 Å². The van der Waals surface area contributed by atoms with E-state index in [0.29, 0.717) is 17.1 Å². The van der Waals surface area contributed by atoms with Crippen molar-refractivity contribution >= 4 is 23.0 Å². The molecule has 128 valence electrons. The summed E-state index contributed by atoms with van der Waals surface area (Å²) in [5.74, 6) is 1.10. The first-order chi connectivity index (χ1) is 12.8. The molecule has 1 aromatic heterocycles. The van der Waals surface area contributed by atoms with Gasteiger partial charge in [-0.05, 0) is 23.8 Å². The molecule has 0 spiro atoms. The van der Waals surface area contributed by atoms with Crippen LogP contribution in [0.15, 0.2) is 73.1 Å². The molecule has 5 nitrogen and oxygen atoms in total. The Morgan fingerprint density at radius 2 is 1.81 bits per heavy atom. The van der Waals surface area contributed by atoms with Crippen molar-refractivity contribution < 1.29 is 9.53 Å². The number of nitrogens with zero attached hydrogens (tertiary/aromatic N) is 1. The van der Waals surface area contributed by atoms with E-state index >= 15 is 0 Å².